The number of hydrogen-bond acceptors (Lipinski definition) is 3. The van der Waals surface area contributed by atoms with Gasteiger partial charge in [0, 0.05) is 6.04 Å². The van der Waals surface area contributed by atoms with Gasteiger partial charge < -0.3 is 5.73 Å². The van der Waals surface area contributed by atoms with Crippen LogP contribution in [-0.4, -0.2) is 26.0 Å². The molecule has 2 N–H and O–H groups in total. The molecule has 0 saturated carbocycles. The van der Waals surface area contributed by atoms with Crippen LogP contribution in [-0.2, 0) is 9.84 Å². The number of rotatable bonds is 13. The van der Waals surface area contributed by atoms with E-state index in [1.807, 2.05) is 0 Å². The Hall–Kier alpha value is -0.0900. The van der Waals surface area contributed by atoms with Crippen LogP contribution in [0.5, 0.6) is 0 Å². The highest BCUT2D eigenvalue weighted by Gasteiger charge is 2.12. The van der Waals surface area contributed by atoms with E-state index in [-0.39, 0.29) is 11.8 Å². The molecule has 0 aromatic heterocycles. The average Bonchev–Trinajstić information content (AvgIpc) is 2.30. The lowest BCUT2D eigenvalue weighted by molar-refractivity contribution is 0.557. The summed E-state index contributed by atoms with van der Waals surface area (Å²) in [6.07, 6.45) is 12.3. The van der Waals surface area contributed by atoms with Crippen molar-refractivity contribution in [1.82, 2.24) is 0 Å². The fourth-order valence-electron chi connectivity index (χ4n) is 2.29. The van der Waals surface area contributed by atoms with Crippen molar-refractivity contribution in [3.05, 3.63) is 0 Å². The van der Waals surface area contributed by atoms with Gasteiger partial charge in [0.2, 0.25) is 0 Å². The summed E-state index contributed by atoms with van der Waals surface area (Å²) in [7, 11) is -2.91. The third-order valence-electron chi connectivity index (χ3n) is 3.33. The first-order valence-corrected chi connectivity index (χ1v) is 9.76. The molecule has 0 amide bonds. The average molecular weight is 292 g/mol. The van der Waals surface area contributed by atoms with Crippen LogP contribution in [0.25, 0.3) is 0 Å². The maximum atomic E-state index is 11.6. The van der Waals surface area contributed by atoms with Crippen LogP contribution in [0.3, 0.4) is 0 Å². The second-order valence-corrected chi connectivity index (χ2v) is 8.00. The van der Waals surface area contributed by atoms with E-state index in [4.69, 9.17) is 5.73 Å². The topological polar surface area (TPSA) is 60.2 Å². The molecule has 3 nitrogen and oxygen atoms in total. The van der Waals surface area contributed by atoms with Gasteiger partial charge in [-0.2, -0.15) is 0 Å². The molecule has 0 radical (unpaired) electrons. The van der Waals surface area contributed by atoms with Crippen LogP contribution in [0, 0.1) is 0 Å². The third-order valence-corrected chi connectivity index (χ3v) is 5.27. The van der Waals surface area contributed by atoms with Gasteiger partial charge in [0.25, 0.3) is 0 Å². The second-order valence-electron chi connectivity index (χ2n) is 5.77. The fraction of sp³-hybridized carbons (Fsp3) is 1.00. The van der Waals surface area contributed by atoms with Gasteiger partial charge in [0.05, 0.1) is 11.5 Å². The molecule has 1 atom stereocenters. The summed E-state index contributed by atoms with van der Waals surface area (Å²) in [5, 5.41) is 0. The van der Waals surface area contributed by atoms with E-state index in [0.29, 0.717) is 5.75 Å². The van der Waals surface area contributed by atoms with Crippen molar-refractivity contribution >= 4 is 9.84 Å². The molecule has 19 heavy (non-hydrogen) atoms. The molecule has 0 spiro atoms. The highest BCUT2D eigenvalue weighted by molar-refractivity contribution is 7.91. The number of sulfone groups is 1. The number of nitrogens with two attached hydrogens (primary N) is 1. The summed E-state index contributed by atoms with van der Waals surface area (Å²) in [5.41, 5.74) is 5.52. The van der Waals surface area contributed by atoms with Crippen molar-refractivity contribution in [2.75, 3.05) is 11.5 Å². The highest BCUT2D eigenvalue weighted by Crippen LogP contribution is 2.11. The first-order valence-electron chi connectivity index (χ1n) is 7.94. The molecule has 1 unspecified atom stereocenters. The van der Waals surface area contributed by atoms with Crippen LogP contribution in [0.4, 0.5) is 0 Å². The van der Waals surface area contributed by atoms with Gasteiger partial charge in [-0.05, 0) is 13.3 Å². The van der Waals surface area contributed by atoms with Gasteiger partial charge in [-0.3, -0.25) is 0 Å². The summed E-state index contributed by atoms with van der Waals surface area (Å²) in [5.74, 6) is 0.440. The Morgan fingerprint density at radius 2 is 1.26 bits per heavy atom. The monoisotopic (exact) mass is 291 g/mol. The lowest BCUT2D eigenvalue weighted by Crippen LogP contribution is -2.27. The van der Waals surface area contributed by atoms with E-state index in [2.05, 4.69) is 6.92 Å². The Morgan fingerprint density at radius 1 is 0.842 bits per heavy atom. The molecular formula is C15H33NO2S. The smallest absolute Gasteiger partial charge is 0.151 e. The second kappa shape index (κ2) is 11.7. The predicted molar refractivity (Wildman–Crippen MR) is 84.1 cm³/mol. The fourth-order valence-corrected chi connectivity index (χ4v) is 3.90. The number of hydrogen-bond donors (Lipinski definition) is 1. The molecule has 0 aliphatic rings. The summed E-state index contributed by atoms with van der Waals surface area (Å²) < 4.78 is 23.2. The lowest BCUT2D eigenvalue weighted by atomic mass is 10.1. The first kappa shape index (κ1) is 18.9. The van der Waals surface area contributed by atoms with Crippen molar-refractivity contribution in [3.63, 3.8) is 0 Å². The molecule has 4 heteroatoms. The molecular weight excluding hydrogens is 258 g/mol. The Bertz CT molecular complexity index is 287. The molecule has 0 fully saturated rings. The van der Waals surface area contributed by atoms with E-state index in [1.165, 1.54) is 51.4 Å². The van der Waals surface area contributed by atoms with Crippen molar-refractivity contribution in [1.29, 1.82) is 0 Å². The zero-order valence-corrected chi connectivity index (χ0v) is 13.7. The van der Waals surface area contributed by atoms with Crippen LogP contribution in [0.1, 0.15) is 78.1 Å². The quantitative estimate of drug-likeness (QED) is 0.527. The zero-order valence-electron chi connectivity index (χ0n) is 12.9. The van der Waals surface area contributed by atoms with Crippen molar-refractivity contribution in [3.8, 4) is 0 Å². The standard InChI is InChI=1S/C15H33NO2S/c1-3-4-5-6-7-8-9-10-11-12-13-19(17,18)14-15(2)16/h15H,3-14,16H2,1-2H3. The van der Waals surface area contributed by atoms with E-state index < -0.39 is 9.84 Å². The minimum absolute atomic E-state index is 0.129. The highest BCUT2D eigenvalue weighted by atomic mass is 32.2. The normalized spacial score (nSPS) is 13.6. The maximum absolute atomic E-state index is 11.6. The van der Waals surface area contributed by atoms with Gasteiger partial charge in [0.1, 0.15) is 0 Å². The Labute approximate surface area is 120 Å². The Morgan fingerprint density at radius 3 is 1.68 bits per heavy atom. The SMILES string of the molecule is CCCCCCCCCCCCS(=O)(=O)CC(C)N. The molecule has 0 rings (SSSR count). The first-order chi connectivity index (χ1) is 8.98. The van der Waals surface area contributed by atoms with Gasteiger partial charge in [0.15, 0.2) is 9.84 Å². The lowest BCUT2D eigenvalue weighted by Gasteiger charge is -2.07. The molecule has 0 aromatic carbocycles. The number of unbranched alkanes of at least 4 members (excludes halogenated alkanes) is 9. The van der Waals surface area contributed by atoms with Crippen molar-refractivity contribution in [2.45, 2.75) is 84.1 Å². The van der Waals surface area contributed by atoms with Gasteiger partial charge in [-0.15, -0.1) is 0 Å². The van der Waals surface area contributed by atoms with Crippen molar-refractivity contribution in [2.24, 2.45) is 5.73 Å². The molecule has 0 heterocycles. The Kier molecular flexibility index (Phi) is 11.7. The minimum Gasteiger partial charge on any atom is -0.327 e. The molecule has 0 saturated heterocycles. The van der Waals surface area contributed by atoms with Crippen molar-refractivity contribution < 1.29 is 8.42 Å². The van der Waals surface area contributed by atoms with E-state index >= 15 is 0 Å². The zero-order chi connectivity index (χ0) is 14.6. The maximum Gasteiger partial charge on any atom is 0.151 e. The minimum atomic E-state index is -2.91. The van der Waals surface area contributed by atoms with E-state index in [0.717, 1.165) is 12.8 Å². The van der Waals surface area contributed by atoms with Gasteiger partial charge >= 0.3 is 0 Å². The van der Waals surface area contributed by atoms with Crippen LogP contribution in [0.15, 0.2) is 0 Å². The third kappa shape index (κ3) is 14.1. The molecule has 116 valence electrons. The summed E-state index contributed by atoms with van der Waals surface area (Å²) in [4.78, 5) is 0. The summed E-state index contributed by atoms with van der Waals surface area (Å²) in [6, 6.07) is -0.242. The molecule has 0 aromatic rings. The largest absolute Gasteiger partial charge is 0.327 e. The van der Waals surface area contributed by atoms with E-state index in [9.17, 15) is 8.42 Å². The summed E-state index contributed by atoms with van der Waals surface area (Å²) in [6.45, 7) is 3.98. The molecule has 0 aliphatic heterocycles. The Balaban J connectivity index is 3.31. The van der Waals surface area contributed by atoms with Crippen LogP contribution >= 0.6 is 0 Å². The van der Waals surface area contributed by atoms with E-state index in [1.54, 1.807) is 6.92 Å². The van der Waals surface area contributed by atoms with Gasteiger partial charge in [-0.1, -0.05) is 64.7 Å². The molecule has 0 bridgehead atoms. The van der Waals surface area contributed by atoms with Crippen LogP contribution in [0.2, 0.25) is 0 Å². The predicted octanol–water partition coefficient (Wildman–Crippen LogP) is 3.67. The molecule has 0 aliphatic carbocycles. The summed E-state index contributed by atoms with van der Waals surface area (Å²) >= 11 is 0. The van der Waals surface area contributed by atoms with Gasteiger partial charge in [-0.25, -0.2) is 8.42 Å². The van der Waals surface area contributed by atoms with Crippen LogP contribution < -0.4 is 5.73 Å².